The van der Waals surface area contributed by atoms with Crippen molar-refractivity contribution in [3.05, 3.63) is 0 Å². The van der Waals surface area contributed by atoms with Crippen molar-refractivity contribution in [1.82, 2.24) is 0 Å². The van der Waals surface area contributed by atoms with E-state index in [0.29, 0.717) is 13.0 Å². The molecule has 0 aliphatic carbocycles. The third kappa shape index (κ3) is 2.97. The molecule has 3 atom stereocenters. The number of aliphatic hydroxyl groups excluding tert-OH is 1. The van der Waals surface area contributed by atoms with Crippen LogP contribution in [0.5, 0.6) is 0 Å². The highest BCUT2D eigenvalue weighted by atomic mass is 16.5. The molecule has 0 aromatic rings. The molecule has 1 rings (SSSR count). The van der Waals surface area contributed by atoms with Gasteiger partial charge in [-0.05, 0) is 18.8 Å². The summed E-state index contributed by atoms with van der Waals surface area (Å²) in [5, 5.41) is 18.1. The van der Waals surface area contributed by atoms with Crippen molar-refractivity contribution in [2.24, 2.45) is 5.92 Å². The van der Waals surface area contributed by atoms with E-state index in [0.717, 1.165) is 6.42 Å². The van der Waals surface area contributed by atoms with E-state index in [1.54, 1.807) is 6.92 Å². The number of aliphatic hydroxyl groups is 1. The molecule has 0 unspecified atom stereocenters. The fourth-order valence-electron chi connectivity index (χ4n) is 1.72. The van der Waals surface area contributed by atoms with Gasteiger partial charge in [-0.2, -0.15) is 0 Å². The molecule has 1 saturated heterocycles. The first-order valence-electron chi connectivity index (χ1n) is 4.62. The molecule has 0 aromatic carbocycles. The van der Waals surface area contributed by atoms with Crippen LogP contribution in [-0.4, -0.2) is 35.0 Å². The molecule has 1 fully saturated rings. The van der Waals surface area contributed by atoms with Crippen molar-refractivity contribution >= 4 is 5.97 Å². The fourth-order valence-corrected chi connectivity index (χ4v) is 1.72. The normalized spacial score (nSPS) is 31.2. The summed E-state index contributed by atoms with van der Waals surface area (Å²) in [5.74, 6) is -0.957. The Hall–Kier alpha value is -0.610. The highest BCUT2D eigenvalue weighted by Crippen LogP contribution is 2.22. The van der Waals surface area contributed by atoms with Crippen molar-refractivity contribution in [2.45, 2.75) is 38.4 Å². The van der Waals surface area contributed by atoms with Crippen molar-refractivity contribution in [3.8, 4) is 0 Å². The van der Waals surface area contributed by atoms with Crippen molar-refractivity contribution in [2.75, 3.05) is 6.61 Å². The van der Waals surface area contributed by atoms with Gasteiger partial charge >= 0.3 is 5.97 Å². The zero-order valence-electron chi connectivity index (χ0n) is 7.77. The Morgan fingerprint density at radius 2 is 2.38 bits per heavy atom. The first kappa shape index (κ1) is 10.5. The number of hydrogen-bond acceptors (Lipinski definition) is 3. The Labute approximate surface area is 77.5 Å². The molecule has 0 amide bonds. The molecule has 1 heterocycles. The molecule has 2 N–H and O–H groups in total. The van der Waals surface area contributed by atoms with Crippen LogP contribution in [0.25, 0.3) is 0 Å². The molecular formula is C9H16O4. The van der Waals surface area contributed by atoms with E-state index in [2.05, 4.69) is 0 Å². The lowest BCUT2D eigenvalue weighted by Gasteiger charge is -2.31. The van der Waals surface area contributed by atoms with E-state index in [-0.39, 0.29) is 18.4 Å². The summed E-state index contributed by atoms with van der Waals surface area (Å²) in [6.45, 7) is 2.43. The lowest BCUT2D eigenvalue weighted by atomic mass is 9.92. The SMILES string of the molecule is C[C@H](CC(=O)O)[C@H]1OCCC[C@@H]1O. The minimum Gasteiger partial charge on any atom is -0.481 e. The molecule has 4 heteroatoms. The molecule has 0 radical (unpaired) electrons. The number of carboxylic acids is 1. The summed E-state index contributed by atoms with van der Waals surface area (Å²) in [7, 11) is 0. The molecule has 76 valence electrons. The minimum absolute atomic E-state index is 0.0573. The molecule has 0 saturated carbocycles. The van der Waals surface area contributed by atoms with E-state index in [4.69, 9.17) is 9.84 Å². The Morgan fingerprint density at radius 3 is 2.92 bits per heavy atom. The van der Waals surface area contributed by atoms with E-state index in [1.165, 1.54) is 0 Å². The largest absolute Gasteiger partial charge is 0.481 e. The number of carboxylic acid groups (broad SMARTS) is 1. The van der Waals surface area contributed by atoms with Crippen molar-refractivity contribution < 1.29 is 19.7 Å². The quantitative estimate of drug-likeness (QED) is 0.682. The van der Waals surface area contributed by atoms with Crippen LogP contribution in [0.2, 0.25) is 0 Å². The second-order valence-electron chi connectivity index (χ2n) is 3.62. The van der Waals surface area contributed by atoms with Gasteiger partial charge in [0.15, 0.2) is 0 Å². The topological polar surface area (TPSA) is 66.8 Å². The first-order valence-corrected chi connectivity index (χ1v) is 4.62. The second-order valence-corrected chi connectivity index (χ2v) is 3.62. The summed E-state index contributed by atoms with van der Waals surface area (Å²) in [5.41, 5.74) is 0. The average molecular weight is 188 g/mol. The smallest absolute Gasteiger partial charge is 0.303 e. The van der Waals surface area contributed by atoms with Gasteiger partial charge in [-0.15, -0.1) is 0 Å². The average Bonchev–Trinajstić information content (AvgIpc) is 2.03. The van der Waals surface area contributed by atoms with Crippen molar-refractivity contribution in [3.63, 3.8) is 0 Å². The highest BCUT2D eigenvalue weighted by Gasteiger charge is 2.30. The summed E-state index contributed by atoms with van der Waals surface area (Å²) in [4.78, 5) is 10.4. The zero-order valence-corrected chi connectivity index (χ0v) is 7.77. The Morgan fingerprint density at radius 1 is 1.69 bits per heavy atom. The second kappa shape index (κ2) is 4.58. The standard InChI is InChI=1S/C9H16O4/c1-6(5-8(11)12)9-7(10)3-2-4-13-9/h6-7,9-10H,2-5H2,1H3,(H,11,12)/t6-,7+,9-/m1/s1. The summed E-state index contributed by atoms with van der Waals surface area (Å²) < 4.78 is 5.34. The van der Waals surface area contributed by atoms with Gasteiger partial charge in [0.05, 0.1) is 18.6 Å². The van der Waals surface area contributed by atoms with Gasteiger partial charge in [0.25, 0.3) is 0 Å². The number of hydrogen-bond donors (Lipinski definition) is 2. The Kier molecular flexibility index (Phi) is 3.69. The zero-order chi connectivity index (χ0) is 9.84. The molecule has 0 spiro atoms. The number of aliphatic carboxylic acids is 1. The highest BCUT2D eigenvalue weighted by molar-refractivity contribution is 5.67. The van der Waals surface area contributed by atoms with E-state index < -0.39 is 12.1 Å². The van der Waals surface area contributed by atoms with Gasteiger partial charge in [-0.3, -0.25) is 4.79 Å². The maximum absolute atomic E-state index is 10.4. The van der Waals surface area contributed by atoms with E-state index in [9.17, 15) is 9.90 Å². The molecule has 4 nitrogen and oxygen atoms in total. The van der Waals surface area contributed by atoms with Gasteiger partial charge in [0, 0.05) is 6.61 Å². The van der Waals surface area contributed by atoms with Gasteiger partial charge in [-0.25, -0.2) is 0 Å². The molecule has 1 aliphatic rings. The molecular weight excluding hydrogens is 172 g/mol. The van der Waals surface area contributed by atoms with Crippen molar-refractivity contribution in [1.29, 1.82) is 0 Å². The van der Waals surface area contributed by atoms with Crippen LogP contribution >= 0.6 is 0 Å². The van der Waals surface area contributed by atoms with E-state index >= 15 is 0 Å². The van der Waals surface area contributed by atoms with Gasteiger partial charge in [-0.1, -0.05) is 6.92 Å². The van der Waals surface area contributed by atoms with Gasteiger partial charge in [0.1, 0.15) is 0 Å². The summed E-state index contributed by atoms with van der Waals surface area (Å²) >= 11 is 0. The van der Waals surface area contributed by atoms with Crippen LogP contribution in [0.1, 0.15) is 26.2 Å². The van der Waals surface area contributed by atoms with Crippen LogP contribution in [0.15, 0.2) is 0 Å². The number of ether oxygens (including phenoxy) is 1. The number of rotatable bonds is 3. The third-order valence-electron chi connectivity index (χ3n) is 2.39. The third-order valence-corrected chi connectivity index (χ3v) is 2.39. The lowest BCUT2D eigenvalue weighted by Crippen LogP contribution is -2.39. The van der Waals surface area contributed by atoms with Crippen LogP contribution in [-0.2, 0) is 9.53 Å². The van der Waals surface area contributed by atoms with Crippen LogP contribution in [0.4, 0.5) is 0 Å². The summed E-state index contributed by atoms with van der Waals surface area (Å²) in [6, 6.07) is 0. The summed E-state index contributed by atoms with van der Waals surface area (Å²) in [6.07, 6.45) is 0.835. The Balaban J connectivity index is 2.43. The van der Waals surface area contributed by atoms with Crippen LogP contribution in [0.3, 0.4) is 0 Å². The van der Waals surface area contributed by atoms with Gasteiger partial charge in [0.2, 0.25) is 0 Å². The van der Waals surface area contributed by atoms with Crippen LogP contribution in [0, 0.1) is 5.92 Å². The fraction of sp³-hybridized carbons (Fsp3) is 0.889. The lowest BCUT2D eigenvalue weighted by molar-refractivity contribution is -0.142. The minimum atomic E-state index is -0.839. The molecule has 13 heavy (non-hydrogen) atoms. The maximum atomic E-state index is 10.4. The first-order chi connectivity index (χ1) is 6.11. The maximum Gasteiger partial charge on any atom is 0.303 e. The van der Waals surface area contributed by atoms with Crippen LogP contribution < -0.4 is 0 Å². The number of carbonyl (C=O) groups is 1. The Bertz CT molecular complexity index is 180. The predicted octanol–water partition coefficient (Wildman–Crippen LogP) is 0.637. The molecule has 1 aliphatic heterocycles. The molecule has 0 bridgehead atoms. The molecule has 0 aromatic heterocycles. The van der Waals surface area contributed by atoms with Gasteiger partial charge < -0.3 is 14.9 Å². The monoisotopic (exact) mass is 188 g/mol. The van der Waals surface area contributed by atoms with E-state index in [1.807, 2.05) is 0 Å². The predicted molar refractivity (Wildman–Crippen MR) is 46.4 cm³/mol.